The molecule has 1 aliphatic rings. The van der Waals surface area contributed by atoms with Crippen LogP contribution in [0.5, 0.6) is 5.75 Å². The average molecular weight is 364 g/mol. The molecule has 6 heteroatoms. The lowest BCUT2D eigenvalue weighted by atomic mass is 10.1. The Morgan fingerprint density at radius 3 is 2.56 bits per heavy atom. The highest BCUT2D eigenvalue weighted by Gasteiger charge is 2.38. The van der Waals surface area contributed by atoms with Crippen molar-refractivity contribution in [3.63, 3.8) is 0 Å². The van der Waals surface area contributed by atoms with Gasteiger partial charge in [0.05, 0.1) is 6.54 Å². The van der Waals surface area contributed by atoms with Gasteiger partial charge in [-0.25, -0.2) is 0 Å². The van der Waals surface area contributed by atoms with Crippen LogP contribution in [-0.2, 0) is 13.2 Å². The first-order valence-corrected chi connectivity index (χ1v) is 9.19. The number of nitrogens with zero attached hydrogens (tertiary/aromatic N) is 3. The summed E-state index contributed by atoms with van der Waals surface area (Å²) in [5.41, 5.74) is 2.51. The van der Waals surface area contributed by atoms with Gasteiger partial charge in [-0.1, -0.05) is 47.6 Å². The molecular formula is C21H24N4O2. The van der Waals surface area contributed by atoms with Crippen LogP contribution in [0.4, 0.5) is 6.01 Å². The fraction of sp³-hybridized carbons (Fsp3) is 0.333. The summed E-state index contributed by atoms with van der Waals surface area (Å²) >= 11 is 0. The molecule has 1 fully saturated rings. The van der Waals surface area contributed by atoms with Gasteiger partial charge in [0.25, 0.3) is 0 Å². The van der Waals surface area contributed by atoms with Gasteiger partial charge in [-0.2, -0.15) is 0 Å². The normalized spacial score (nSPS) is 18.3. The second-order valence-electron chi connectivity index (χ2n) is 7.05. The molecule has 140 valence electrons. The highest BCUT2D eigenvalue weighted by molar-refractivity contribution is 5.34. The molecule has 1 N–H and O–H groups in total. The molecular weight excluding hydrogens is 340 g/mol. The van der Waals surface area contributed by atoms with E-state index in [1.165, 1.54) is 11.1 Å². The number of benzene rings is 2. The quantitative estimate of drug-likeness (QED) is 0.661. The second kappa shape index (κ2) is 7.80. The smallest absolute Gasteiger partial charge is 0.317 e. The lowest BCUT2D eigenvalue weighted by molar-refractivity contribution is 0.306. The van der Waals surface area contributed by atoms with Crippen LogP contribution in [-0.4, -0.2) is 30.3 Å². The van der Waals surface area contributed by atoms with Crippen LogP contribution < -0.4 is 15.0 Å². The van der Waals surface area contributed by atoms with Crippen LogP contribution in [0.1, 0.15) is 29.4 Å². The van der Waals surface area contributed by atoms with Crippen molar-refractivity contribution in [2.24, 2.45) is 0 Å². The molecule has 27 heavy (non-hydrogen) atoms. The summed E-state index contributed by atoms with van der Waals surface area (Å²) in [6.45, 7) is 1.19. The molecule has 0 radical (unpaired) electrons. The van der Waals surface area contributed by atoms with Crippen LogP contribution in [0, 0.1) is 0 Å². The minimum absolute atomic E-state index is 0.454. The predicted molar refractivity (Wildman–Crippen MR) is 104 cm³/mol. The summed E-state index contributed by atoms with van der Waals surface area (Å²) in [7, 11) is 3.77. The molecule has 1 aliphatic carbocycles. The van der Waals surface area contributed by atoms with Crippen LogP contribution in [0.2, 0.25) is 0 Å². The van der Waals surface area contributed by atoms with E-state index in [4.69, 9.17) is 9.15 Å². The third-order valence-electron chi connectivity index (χ3n) is 4.70. The maximum Gasteiger partial charge on any atom is 0.317 e. The Bertz CT molecular complexity index is 861. The van der Waals surface area contributed by atoms with Crippen molar-refractivity contribution in [3.05, 3.63) is 71.6 Å². The van der Waals surface area contributed by atoms with Crippen LogP contribution in [0.25, 0.3) is 0 Å². The summed E-state index contributed by atoms with van der Waals surface area (Å²) in [6.07, 6.45) is 1.12. The molecule has 0 amide bonds. The number of nitrogens with one attached hydrogen (secondary N) is 1. The Morgan fingerprint density at radius 1 is 1.07 bits per heavy atom. The van der Waals surface area contributed by atoms with Gasteiger partial charge in [0.1, 0.15) is 12.4 Å². The van der Waals surface area contributed by atoms with Crippen molar-refractivity contribution in [2.45, 2.75) is 31.5 Å². The van der Waals surface area contributed by atoms with Crippen molar-refractivity contribution >= 4 is 6.01 Å². The SMILES string of the molecule is CN(C)c1nnc(CN[C@@H]2C[C@H]2c2ccc(OCc3ccccc3)cc2)o1. The molecule has 0 bridgehead atoms. The van der Waals surface area contributed by atoms with Crippen molar-refractivity contribution < 1.29 is 9.15 Å². The van der Waals surface area contributed by atoms with Crippen LogP contribution in [0.3, 0.4) is 0 Å². The standard InChI is InChI=1S/C21H24N4O2/c1-25(2)21-24-23-20(27-21)13-22-19-12-18(19)16-8-10-17(11-9-16)26-14-15-6-4-3-5-7-15/h3-11,18-19,22H,12-14H2,1-2H3/t18-,19+/m0/s1. The van der Waals surface area contributed by atoms with E-state index in [0.29, 0.717) is 37.0 Å². The Balaban J connectivity index is 1.25. The van der Waals surface area contributed by atoms with Crippen molar-refractivity contribution in [3.8, 4) is 5.75 Å². The molecule has 1 heterocycles. The summed E-state index contributed by atoms with van der Waals surface area (Å²) in [6, 6.07) is 19.6. The minimum Gasteiger partial charge on any atom is -0.489 e. The van der Waals surface area contributed by atoms with E-state index >= 15 is 0 Å². The Hall–Kier alpha value is -2.86. The van der Waals surface area contributed by atoms with E-state index in [9.17, 15) is 0 Å². The van der Waals surface area contributed by atoms with E-state index < -0.39 is 0 Å². The highest BCUT2D eigenvalue weighted by Crippen LogP contribution is 2.41. The zero-order valence-corrected chi connectivity index (χ0v) is 15.6. The van der Waals surface area contributed by atoms with E-state index in [0.717, 1.165) is 12.2 Å². The number of ether oxygens (including phenoxy) is 1. The fourth-order valence-electron chi connectivity index (χ4n) is 3.06. The second-order valence-corrected chi connectivity index (χ2v) is 7.05. The molecule has 0 saturated heterocycles. The molecule has 2 atom stereocenters. The molecule has 0 unspecified atom stereocenters. The van der Waals surface area contributed by atoms with Crippen LogP contribution in [0.15, 0.2) is 59.0 Å². The summed E-state index contributed by atoms with van der Waals surface area (Å²) in [5.74, 6) is 2.05. The molecule has 2 aromatic carbocycles. The molecule has 1 saturated carbocycles. The van der Waals surface area contributed by atoms with Gasteiger partial charge in [-0.05, 0) is 29.7 Å². The molecule has 1 aromatic heterocycles. The number of anilines is 1. The van der Waals surface area contributed by atoms with E-state index in [-0.39, 0.29) is 0 Å². The van der Waals surface area contributed by atoms with Gasteiger partial charge in [0.2, 0.25) is 5.89 Å². The van der Waals surface area contributed by atoms with Gasteiger partial charge < -0.3 is 19.4 Å². The van der Waals surface area contributed by atoms with Gasteiger partial charge >= 0.3 is 6.01 Å². The van der Waals surface area contributed by atoms with Gasteiger partial charge in [0, 0.05) is 26.1 Å². The molecule has 0 spiro atoms. The lowest BCUT2D eigenvalue weighted by Gasteiger charge is -2.07. The van der Waals surface area contributed by atoms with E-state index in [2.05, 4.69) is 51.9 Å². The number of hydrogen-bond donors (Lipinski definition) is 1. The molecule has 3 aromatic rings. The fourth-order valence-corrected chi connectivity index (χ4v) is 3.06. The Morgan fingerprint density at radius 2 is 1.85 bits per heavy atom. The van der Waals surface area contributed by atoms with Crippen LogP contribution >= 0.6 is 0 Å². The average Bonchev–Trinajstić information content (AvgIpc) is 3.31. The third-order valence-corrected chi connectivity index (χ3v) is 4.70. The molecule has 0 aliphatic heterocycles. The molecule has 6 nitrogen and oxygen atoms in total. The number of rotatable bonds is 8. The first kappa shape index (κ1) is 17.5. The zero-order chi connectivity index (χ0) is 18.6. The van der Waals surface area contributed by atoms with Crippen molar-refractivity contribution in [1.82, 2.24) is 15.5 Å². The van der Waals surface area contributed by atoms with E-state index in [1.807, 2.05) is 32.3 Å². The largest absolute Gasteiger partial charge is 0.489 e. The number of aromatic nitrogens is 2. The summed E-state index contributed by atoms with van der Waals surface area (Å²) < 4.78 is 11.4. The minimum atomic E-state index is 0.454. The summed E-state index contributed by atoms with van der Waals surface area (Å²) in [5, 5.41) is 11.5. The van der Waals surface area contributed by atoms with Crippen molar-refractivity contribution in [1.29, 1.82) is 0 Å². The maximum atomic E-state index is 5.85. The first-order chi connectivity index (χ1) is 13.2. The monoisotopic (exact) mass is 364 g/mol. The number of hydrogen-bond acceptors (Lipinski definition) is 6. The van der Waals surface area contributed by atoms with Gasteiger partial charge in [0.15, 0.2) is 0 Å². The maximum absolute atomic E-state index is 5.85. The summed E-state index contributed by atoms with van der Waals surface area (Å²) in [4.78, 5) is 1.80. The topological polar surface area (TPSA) is 63.4 Å². The predicted octanol–water partition coefficient (Wildman–Crippen LogP) is 3.36. The zero-order valence-electron chi connectivity index (χ0n) is 15.6. The van der Waals surface area contributed by atoms with Gasteiger partial charge in [-0.3, -0.25) is 0 Å². The van der Waals surface area contributed by atoms with Crippen molar-refractivity contribution in [2.75, 3.05) is 19.0 Å². The Kier molecular flexibility index (Phi) is 5.07. The van der Waals surface area contributed by atoms with Gasteiger partial charge in [-0.15, -0.1) is 5.10 Å². The lowest BCUT2D eigenvalue weighted by Crippen LogP contribution is -2.17. The third kappa shape index (κ3) is 4.46. The molecule has 4 rings (SSSR count). The first-order valence-electron chi connectivity index (χ1n) is 9.19. The van der Waals surface area contributed by atoms with E-state index in [1.54, 1.807) is 4.90 Å². The highest BCUT2D eigenvalue weighted by atomic mass is 16.5. The Labute approximate surface area is 159 Å².